The number of carbonyl (C=O) groups is 1. The second-order valence-corrected chi connectivity index (χ2v) is 8.95. The molecule has 0 radical (unpaired) electrons. The summed E-state index contributed by atoms with van der Waals surface area (Å²) in [4.78, 5) is 15.3. The molecule has 0 saturated carbocycles. The molecule has 3 rings (SSSR count). The first kappa shape index (κ1) is 19.4. The molecule has 1 saturated heterocycles. The molecule has 0 aromatic heterocycles. The summed E-state index contributed by atoms with van der Waals surface area (Å²) in [6, 6.07) is 14.1. The molecular weight excluding hydrogens is 362 g/mol. The first-order valence-corrected chi connectivity index (χ1v) is 11.0. The van der Waals surface area contributed by atoms with E-state index in [-0.39, 0.29) is 16.8 Å². The number of methoxy groups -OCH3 is 1. The summed E-state index contributed by atoms with van der Waals surface area (Å²) < 4.78 is 28.5. The van der Waals surface area contributed by atoms with Gasteiger partial charge in [0.25, 0.3) is 5.91 Å². The molecule has 1 aliphatic heterocycles. The van der Waals surface area contributed by atoms with E-state index in [1.807, 2.05) is 29.2 Å². The Morgan fingerprint density at radius 1 is 1.00 bits per heavy atom. The zero-order valence-electron chi connectivity index (χ0n) is 15.7. The lowest BCUT2D eigenvalue weighted by molar-refractivity contribution is 0.0681. The van der Waals surface area contributed by atoms with Crippen molar-refractivity contribution in [2.45, 2.75) is 36.6 Å². The van der Waals surface area contributed by atoms with Gasteiger partial charge in [-0.2, -0.15) is 0 Å². The molecule has 2 aromatic carbocycles. The second-order valence-electron chi connectivity index (χ2n) is 6.93. The SMILES string of the molecule is COc1ccc([C@@H]2CCCCCN2C(=O)c2ccc(S(C)(=O)=O)cc2)cc1. The second kappa shape index (κ2) is 8.13. The van der Waals surface area contributed by atoms with E-state index in [4.69, 9.17) is 4.74 Å². The quantitative estimate of drug-likeness (QED) is 0.799. The van der Waals surface area contributed by atoms with Gasteiger partial charge in [0, 0.05) is 18.4 Å². The Morgan fingerprint density at radius 2 is 1.67 bits per heavy atom. The van der Waals surface area contributed by atoms with Crippen molar-refractivity contribution in [2.75, 3.05) is 19.9 Å². The highest BCUT2D eigenvalue weighted by Gasteiger charge is 2.27. The van der Waals surface area contributed by atoms with Crippen LogP contribution in [0.15, 0.2) is 53.4 Å². The average Bonchev–Trinajstić information content (AvgIpc) is 2.93. The Kier molecular flexibility index (Phi) is 5.85. The summed E-state index contributed by atoms with van der Waals surface area (Å²) in [5, 5.41) is 0. The van der Waals surface area contributed by atoms with E-state index in [9.17, 15) is 13.2 Å². The number of sulfone groups is 1. The molecular formula is C21H25NO4S. The number of nitrogens with zero attached hydrogens (tertiary/aromatic N) is 1. The van der Waals surface area contributed by atoms with Crippen molar-refractivity contribution in [1.29, 1.82) is 0 Å². The Labute approximate surface area is 160 Å². The summed E-state index contributed by atoms with van der Waals surface area (Å²) in [7, 11) is -1.64. The lowest BCUT2D eigenvalue weighted by Gasteiger charge is -2.31. The minimum absolute atomic E-state index is 0.0143. The van der Waals surface area contributed by atoms with Crippen molar-refractivity contribution < 1.29 is 17.9 Å². The maximum Gasteiger partial charge on any atom is 0.254 e. The standard InChI is InChI=1S/C21H25NO4S/c1-26-18-11-7-16(8-12-18)20-6-4-3-5-15-22(20)21(23)17-9-13-19(14-10-17)27(2,24)25/h7-14,20H,3-6,15H2,1-2H3/t20-/m0/s1. The Morgan fingerprint density at radius 3 is 2.26 bits per heavy atom. The monoisotopic (exact) mass is 387 g/mol. The number of carbonyl (C=O) groups excluding carboxylic acids is 1. The molecule has 1 fully saturated rings. The molecule has 144 valence electrons. The Bertz CT molecular complexity index is 889. The molecule has 0 N–H and O–H groups in total. The number of ether oxygens (including phenoxy) is 1. The van der Waals surface area contributed by atoms with Gasteiger partial charge in [-0.15, -0.1) is 0 Å². The Hall–Kier alpha value is -2.34. The van der Waals surface area contributed by atoms with Gasteiger partial charge in [-0.05, 0) is 54.8 Å². The van der Waals surface area contributed by atoms with Crippen molar-refractivity contribution >= 4 is 15.7 Å². The largest absolute Gasteiger partial charge is 0.497 e. The van der Waals surface area contributed by atoms with E-state index < -0.39 is 9.84 Å². The minimum atomic E-state index is -3.27. The van der Waals surface area contributed by atoms with E-state index in [0.717, 1.165) is 37.0 Å². The van der Waals surface area contributed by atoms with Gasteiger partial charge in [0.15, 0.2) is 9.84 Å². The minimum Gasteiger partial charge on any atom is -0.497 e. The molecule has 1 atom stereocenters. The average molecular weight is 388 g/mol. The molecule has 27 heavy (non-hydrogen) atoms. The zero-order chi connectivity index (χ0) is 19.4. The van der Waals surface area contributed by atoms with E-state index in [1.165, 1.54) is 18.4 Å². The number of benzene rings is 2. The van der Waals surface area contributed by atoms with Gasteiger partial charge >= 0.3 is 0 Å². The van der Waals surface area contributed by atoms with Crippen molar-refractivity contribution in [3.63, 3.8) is 0 Å². The van der Waals surface area contributed by atoms with Crippen molar-refractivity contribution in [3.05, 3.63) is 59.7 Å². The fourth-order valence-corrected chi connectivity index (χ4v) is 4.17. The van der Waals surface area contributed by atoms with E-state index in [2.05, 4.69) is 0 Å². The number of hydrogen-bond donors (Lipinski definition) is 0. The highest BCUT2D eigenvalue weighted by atomic mass is 32.2. The third-order valence-corrected chi connectivity index (χ3v) is 6.17. The van der Waals surface area contributed by atoms with E-state index in [1.54, 1.807) is 19.2 Å². The number of rotatable bonds is 4. The van der Waals surface area contributed by atoms with Gasteiger partial charge in [-0.1, -0.05) is 25.0 Å². The maximum absolute atomic E-state index is 13.2. The van der Waals surface area contributed by atoms with E-state index >= 15 is 0 Å². The Balaban J connectivity index is 1.89. The normalized spacial score (nSPS) is 18.0. The lowest BCUT2D eigenvalue weighted by atomic mass is 10.00. The van der Waals surface area contributed by atoms with Crippen LogP contribution in [0.25, 0.3) is 0 Å². The molecule has 2 aromatic rings. The predicted octanol–water partition coefficient (Wildman–Crippen LogP) is 3.86. The van der Waals surface area contributed by atoms with Crippen LogP contribution in [0.4, 0.5) is 0 Å². The summed E-state index contributed by atoms with van der Waals surface area (Å²) >= 11 is 0. The molecule has 1 amide bonds. The van der Waals surface area contributed by atoms with Crippen LogP contribution in [0.3, 0.4) is 0 Å². The van der Waals surface area contributed by atoms with Gasteiger partial charge in [0.2, 0.25) is 0 Å². The third-order valence-electron chi connectivity index (χ3n) is 5.04. The smallest absolute Gasteiger partial charge is 0.254 e. The first-order valence-electron chi connectivity index (χ1n) is 9.15. The lowest BCUT2D eigenvalue weighted by Crippen LogP contribution is -2.34. The molecule has 0 bridgehead atoms. The molecule has 5 nitrogen and oxygen atoms in total. The highest BCUT2D eigenvalue weighted by molar-refractivity contribution is 7.90. The zero-order valence-corrected chi connectivity index (χ0v) is 16.5. The molecule has 1 aliphatic rings. The summed E-state index contributed by atoms with van der Waals surface area (Å²) in [6.45, 7) is 0.698. The summed E-state index contributed by atoms with van der Waals surface area (Å²) in [6.07, 6.45) is 5.23. The van der Waals surface area contributed by atoms with Crippen LogP contribution in [0.1, 0.15) is 47.6 Å². The number of hydrogen-bond acceptors (Lipinski definition) is 4. The van der Waals surface area contributed by atoms with Crippen molar-refractivity contribution in [3.8, 4) is 5.75 Å². The number of amides is 1. The van der Waals surface area contributed by atoms with Crippen LogP contribution >= 0.6 is 0 Å². The summed E-state index contributed by atoms with van der Waals surface area (Å²) in [5.41, 5.74) is 1.61. The predicted molar refractivity (Wildman–Crippen MR) is 105 cm³/mol. The fraction of sp³-hybridized carbons (Fsp3) is 0.381. The van der Waals surface area contributed by atoms with Crippen molar-refractivity contribution in [2.24, 2.45) is 0 Å². The van der Waals surface area contributed by atoms with Gasteiger partial charge in [-0.3, -0.25) is 4.79 Å². The van der Waals surface area contributed by atoms with Crippen LogP contribution in [0.5, 0.6) is 5.75 Å². The van der Waals surface area contributed by atoms with Crippen LogP contribution in [-0.2, 0) is 9.84 Å². The maximum atomic E-state index is 13.2. The molecule has 0 spiro atoms. The fourth-order valence-electron chi connectivity index (χ4n) is 3.53. The first-order chi connectivity index (χ1) is 12.9. The van der Waals surface area contributed by atoms with Crippen LogP contribution < -0.4 is 4.74 Å². The molecule has 6 heteroatoms. The molecule has 0 unspecified atom stereocenters. The van der Waals surface area contributed by atoms with Gasteiger partial charge in [-0.25, -0.2) is 8.42 Å². The van der Waals surface area contributed by atoms with Crippen LogP contribution in [-0.4, -0.2) is 39.1 Å². The summed E-state index contributed by atoms with van der Waals surface area (Å²) in [5.74, 6) is 0.736. The topological polar surface area (TPSA) is 63.7 Å². The van der Waals surface area contributed by atoms with Gasteiger partial charge in [0.05, 0.1) is 18.0 Å². The van der Waals surface area contributed by atoms with Gasteiger partial charge in [0.1, 0.15) is 5.75 Å². The van der Waals surface area contributed by atoms with Crippen LogP contribution in [0.2, 0.25) is 0 Å². The molecule has 1 heterocycles. The highest BCUT2D eigenvalue weighted by Crippen LogP contribution is 2.32. The van der Waals surface area contributed by atoms with Crippen molar-refractivity contribution in [1.82, 2.24) is 4.90 Å². The third kappa shape index (κ3) is 4.50. The number of likely N-dealkylation sites (tertiary alicyclic amines) is 1. The molecule has 0 aliphatic carbocycles. The van der Waals surface area contributed by atoms with E-state index in [0.29, 0.717) is 12.1 Å². The van der Waals surface area contributed by atoms with Gasteiger partial charge < -0.3 is 9.64 Å². The van der Waals surface area contributed by atoms with Crippen LogP contribution in [0, 0.1) is 0 Å².